The summed E-state index contributed by atoms with van der Waals surface area (Å²) < 4.78 is 15.8. The summed E-state index contributed by atoms with van der Waals surface area (Å²) in [7, 11) is 1.61. The van der Waals surface area contributed by atoms with Crippen molar-refractivity contribution in [2.75, 3.05) is 25.6 Å². The van der Waals surface area contributed by atoms with Gasteiger partial charge in [0.2, 0.25) is 5.91 Å². The fraction of sp³-hybridized carbons (Fsp3) is 0.400. The third-order valence-electron chi connectivity index (χ3n) is 3.99. The number of aryl methyl sites for hydroxylation is 1. The van der Waals surface area contributed by atoms with Gasteiger partial charge in [-0.15, -0.1) is 11.3 Å². The molecular weight excluding hydrogens is 366 g/mol. The average Bonchev–Trinajstić information content (AvgIpc) is 2.93. The molecule has 0 spiro atoms. The molecule has 0 aliphatic carbocycles. The number of carbonyl (C=O) groups is 2. The predicted octanol–water partition coefficient (Wildman–Crippen LogP) is 4.35. The molecule has 0 atom stereocenters. The normalized spacial score (nSPS) is 10.4. The third kappa shape index (κ3) is 5.72. The van der Waals surface area contributed by atoms with Gasteiger partial charge in [-0.2, -0.15) is 0 Å². The molecule has 2 rings (SSSR count). The number of carbonyl (C=O) groups excluding carboxylic acids is 2. The number of methoxy groups -OCH3 is 1. The van der Waals surface area contributed by atoms with Gasteiger partial charge in [0.15, 0.2) is 0 Å². The number of hydrogen-bond donors (Lipinski definition) is 1. The van der Waals surface area contributed by atoms with Crippen LogP contribution in [0.4, 0.5) is 5.00 Å². The molecule has 0 saturated heterocycles. The van der Waals surface area contributed by atoms with Gasteiger partial charge < -0.3 is 19.5 Å². The summed E-state index contributed by atoms with van der Waals surface area (Å²) in [5.74, 6) is 0.934. The fourth-order valence-corrected chi connectivity index (χ4v) is 3.51. The molecule has 7 heteroatoms. The molecule has 1 amide bonds. The van der Waals surface area contributed by atoms with Crippen LogP contribution < -0.4 is 14.8 Å². The zero-order chi connectivity index (χ0) is 19.8. The minimum atomic E-state index is -0.405. The minimum Gasteiger partial charge on any atom is -0.497 e. The van der Waals surface area contributed by atoms with Crippen LogP contribution in [-0.4, -0.2) is 32.2 Å². The zero-order valence-electron chi connectivity index (χ0n) is 16.1. The van der Waals surface area contributed by atoms with Gasteiger partial charge in [-0.05, 0) is 57.0 Å². The van der Waals surface area contributed by atoms with Crippen molar-refractivity contribution in [3.63, 3.8) is 0 Å². The van der Waals surface area contributed by atoms with Gasteiger partial charge in [-0.3, -0.25) is 4.79 Å². The lowest BCUT2D eigenvalue weighted by atomic mass is 10.1. The van der Waals surface area contributed by atoms with Crippen LogP contribution >= 0.6 is 11.3 Å². The number of thiophene rings is 1. The topological polar surface area (TPSA) is 73.9 Å². The van der Waals surface area contributed by atoms with Gasteiger partial charge in [0.25, 0.3) is 0 Å². The Hall–Kier alpha value is -2.54. The second-order valence-corrected chi connectivity index (χ2v) is 7.11. The molecule has 0 unspecified atom stereocenters. The highest BCUT2D eigenvalue weighted by Gasteiger charge is 2.21. The zero-order valence-corrected chi connectivity index (χ0v) is 16.9. The van der Waals surface area contributed by atoms with Gasteiger partial charge in [-0.1, -0.05) is 0 Å². The van der Waals surface area contributed by atoms with Gasteiger partial charge >= 0.3 is 5.97 Å². The number of ether oxygens (including phenoxy) is 3. The average molecular weight is 391 g/mol. The molecule has 1 aromatic carbocycles. The number of nitrogens with one attached hydrogen (secondary N) is 1. The van der Waals surface area contributed by atoms with E-state index in [9.17, 15) is 9.59 Å². The summed E-state index contributed by atoms with van der Waals surface area (Å²) in [6.07, 6.45) is 0.865. The van der Waals surface area contributed by atoms with Crippen LogP contribution in [0, 0.1) is 13.8 Å². The van der Waals surface area contributed by atoms with Crippen LogP contribution in [0.1, 0.15) is 40.6 Å². The summed E-state index contributed by atoms with van der Waals surface area (Å²) in [4.78, 5) is 25.4. The number of esters is 1. The first-order valence-electron chi connectivity index (χ1n) is 8.80. The highest BCUT2D eigenvalue weighted by Crippen LogP contribution is 2.33. The van der Waals surface area contributed by atoms with E-state index in [0.717, 1.165) is 21.9 Å². The molecular formula is C20H25NO5S. The first kappa shape index (κ1) is 20.8. The standard InChI is InChI=1S/C20H25NO5S/c1-5-25-20(23)18-13(2)14(3)27-19(18)21-17(22)7-6-12-26-16-10-8-15(24-4)9-11-16/h8-11H,5-7,12H2,1-4H3,(H,21,22). The molecule has 1 N–H and O–H groups in total. The molecule has 0 radical (unpaired) electrons. The molecule has 27 heavy (non-hydrogen) atoms. The van der Waals surface area contributed by atoms with Crippen molar-refractivity contribution in [3.05, 3.63) is 40.3 Å². The van der Waals surface area contributed by atoms with E-state index in [-0.39, 0.29) is 5.91 Å². The minimum absolute atomic E-state index is 0.153. The smallest absolute Gasteiger partial charge is 0.341 e. The second kappa shape index (κ2) is 9.97. The maximum atomic E-state index is 12.2. The molecule has 6 nitrogen and oxygen atoms in total. The Morgan fingerprint density at radius 3 is 2.41 bits per heavy atom. The number of amides is 1. The molecule has 146 valence electrons. The van der Waals surface area contributed by atoms with Crippen molar-refractivity contribution in [2.45, 2.75) is 33.6 Å². The van der Waals surface area contributed by atoms with Crippen LogP contribution in [0.5, 0.6) is 11.5 Å². The molecule has 2 aromatic rings. The summed E-state index contributed by atoms with van der Waals surface area (Å²) in [6, 6.07) is 7.28. The summed E-state index contributed by atoms with van der Waals surface area (Å²) >= 11 is 1.39. The first-order valence-corrected chi connectivity index (χ1v) is 9.61. The SMILES string of the molecule is CCOC(=O)c1c(NC(=O)CCCOc2ccc(OC)cc2)sc(C)c1C. The van der Waals surface area contributed by atoms with E-state index in [4.69, 9.17) is 14.2 Å². The van der Waals surface area contributed by atoms with Crippen LogP contribution in [-0.2, 0) is 9.53 Å². The van der Waals surface area contributed by atoms with E-state index >= 15 is 0 Å². The Kier molecular flexibility index (Phi) is 7.67. The van der Waals surface area contributed by atoms with Gasteiger partial charge in [-0.25, -0.2) is 4.79 Å². The Labute approximate surface area is 163 Å². The van der Waals surface area contributed by atoms with Crippen molar-refractivity contribution in [1.29, 1.82) is 0 Å². The fourth-order valence-electron chi connectivity index (χ4n) is 2.45. The highest BCUT2D eigenvalue weighted by molar-refractivity contribution is 7.16. The molecule has 0 aliphatic rings. The van der Waals surface area contributed by atoms with E-state index in [1.54, 1.807) is 14.0 Å². The molecule has 0 bridgehead atoms. The van der Waals surface area contributed by atoms with Crippen molar-refractivity contribution >= 4 is 28.2 Å². The van der Waals surface area contributed by atoms with Crippen molar-refractivity contribution < 1.29 is 23.8 Å². The predicted molar refractivity (Wildman–Crippen MR) is 106 cm³/mol. The second-order valence-electron chi connectivity index (χ2n) is 5.88. The molecule has 1 aromatic heterocycles. The molecule has 0 saturated carbocycles. The monoisotopic (exact) mass is 391 g/mol. The van der Waals surface area contributed by atoms with E-state index in [2.05, 4.69) is 5.32 Å². The van der Waals surface area contributed by atoms with Crippen LogP contribution in [0.15, 0.2) is 24.3 Å². The van der Waals surface area contributed by atoms with Gasteiger partial charge in [0.05, 0.1) is 25.9 Å². The molecule has 1 heterocycles. The van der Waals surface area contributed by atoms with E-state index in [1.165, 1.54) is 11.3 Å². The van der Waals surface area contributed by atoms with Gasteiger partial charge in [0.1, 0.15) is 16.5 Å². The Morgan fingerprint density at radius 1 is 1.11 bits per heavy atom. The van der Waals surface area contributed by atoms with E-state index in [0.29, 0.717) is 36.6 Å². The lowest BCUT2D eigenvalue weighted by Crippen LogP contribution is -2.15. The van der Waals surface area contributed by atoms with Crippen molar-refractivity contribution in [1.82, 2.24) is 0 Å². The summed E-state index contributed by atoms with van der Waals surface area (Å²) in [5.41, 5.74) is 1.29. The maximum Gasteiger partial charge on any atom is 0.341 e. The van der Waals surface area contributed by atoms with Crippen LogP contribution in [0.25, 0.3) is 0 Å². The quantitative estimate of drug-likeness (QED) is 0.508. The van der Waals surface area contributed by atoms with E-state index in [1.807, 2.05) is 38.1 Å². The Bertz CT molecular complexity index is 782. The summed E-state index contributed by atoms with van der Waals surface area (Å²) in [6.45, 7) is 6.25. The van der Waals surface area contributed by atoms with Crippen LogP contribution in [0.2, 0.25) is 0 Å². The largest absolute Gasteiger partial charge is 0.497 e. The Balaban J connectivity index is 1.85. The lowest BCUT2D eigenvalue weighted by molar-refractivity contribution is -0.116. The summed E-state index contributed by atoms with van der Waals surface area (Å²) in [5, 5.41) is 3.38. The molecule has 0 aliphatic heterocycles. The lowest BCUT2D eigenvalue weighted by Gasteiger charge is -2.08. The van der Waals surface area contributed by atoms with Crippen molar-refractivity contribution in [3.8, 4) is 11.5 Å². The van der Waals surface area contributed by atoms with Crippen LogP contribution in [0.3, 0.4) is 0 Å². The number of benzene rings is 1. The highest BCUT2D eigenvalue weighted by atomic mass is 32.1. The third-order valence-corrected chi connectivity index (χ3v) is 5.12. The van der Waals surface area contributed by atoms with Crippen molar-refractivity contribution in [2.24, 2.45) is 0 Å². The Morgan fingerprint density at radius 2 is 1.78 bits per heavy atom. The molecule has 0 fully saturated rings. The number of hydrogen-bond acceptors (Lipinski definition) is 6. The number of anilines is 1. The van der Waals surface area contributed by atoms with E-state index < -0.39 is 5.97 Å². The first-order chi connectivity index (χ1) is 13.0. The number of rotatable bonds is 9. The maximum absolute atomic E-state index is 12.2. The van der Waals surface area contributed by atoms with Gasteiger partial charge in [0, 0.05) is 11.3 Å².